The van der Waals surface area contributed by atoms with Crippen LogP contribution in [0.25, 0.3) is 11.4 Å². The molecule has 0 aromatic carbocycles. The number of aromatic nitrogens is 3. The number of aryl methyl sites for hydroxylation is 1. The van der Waals surface area contributed by atoms with E-state index in [1.807, 2.05) is 43.9 Å². The summed E-state index contributed by atoms with van der Waals surface area (Å²) in [6.45, 7) is 8.32. The SMILES string of the molecule is CC[C@@H]1C(=O)N(CC)CCN1c1cc(C)nc(-c2ccncc2)n1. The van der Waals surface area contributed by atoms with Gasteiger partial charge in [0.15, 0.2) is 5.82 Å². The van der Waals surface area contributed by atoms with Crippen LogP contribution in [0, 0.1) is 6.92 Å². The van der Waals surface area contributed by atoms with Crippen molar-refractivity contribution in [1.29, 1.82) is 0 Å². The lowest BCUT2D eigenvalue weighted by Crippen LogP contribution is -2.57. The smallest absolute Gasteiger partial charge is 0.245 e. The monoisotopic (exact) mass is 325 g/mol. The Kier molecular flexibility index (Phi) is 4.74. The molecule has 1 saturated heterocycles. The Labute approximate surface area is 142 Å². The molecule has 24 heavy (non-hydrogen) atoms. The zero-order valence-corrected chi connectivity index (χ0v) is 14.4. The minimum Gasteiger partial charge on any atom is -0.343 e. The summed E-state index contributed by atoms with van der Waals surface area (Å²) in [7, 11) is 0. The molecule has 3 rings (SSSR count). The van der Waals surface area contributed by atoms with Crippen molar-refractivity contribution in [2.75, 3.05) is 24.5 Å². The number of likely N-dealkylation sites (N-methyl/N-ethyl adjacent to an activating group) is 1. The second-order valence-electron chi connectivity index (χ2n) is 5.96. The number of anilines is 1. The van der Waals surface area contributed by atoms with Crippen molar-refractivity contribution in [2.45, 2.75) is 33.2 Å². The molecular formula is C18H23N5O. The highest BCUT2D eigenvalue weighted by Gasteiger charge is 2.33. The van der Waals surface area contributed by atoms with E-state index in [4.69, 9.17) is 4.98 Å². The summed E-state index contributed by atoms with van der Waals surface area (Å²) in [6, 6.07) is 5.60. The van der Waals surface area contributed by atoms with E-state index in [0.717, 1.165) is 43.1 Å². The Morgan fingerprint density at radius 3 is 2.58 bits per heavy atom. The van der Waals surface area contributed by atoms with Gasteiger partial charge in [-0.2, -0.15) is 0 Å². The van der Waals surface area contributed by atoms with Gasteiger partial charge >= 0.3 is 0 Å². The first-order valence-corrected chi connectivity index (χ1v) is 8.45. The minimum absolute atomic E-state index is 0.154. The number of piperazine rings is 1. The highest BCUT2D eigenvalue weighted by Crippen LogP contribution is 2.24. The van der Waals surface area contributed by atoms with E-state index in [1.54, 1.807) is 12.4 Å². The van der Waals surface area contributed by atoms with Crippen molar-refractivity contribution in [2.24, 2.45) is 0 Å². The van der Waals surface area contributed by atoms with E-state index in [1.165, 1.54) is 0 Å². The van der Waals surface area contributed by atoms with Crippen LogP contribution in [-0.2, 0) is 4.79 Å². The van der Waals surface area contributed by atoms with Gasteiger partial charge in [-0.15, -0.1) is 0 Å². The lowest BCUT2D eigenvalue weighted by atomic mass is 10.1. The van der Waals surface area contributed by atoms with Crippen LogP contribution >= 0.6 is 0 Å². The van der Waals surface area contributed by atoms with Crippen LogP contribution in [0.4, 0.5) is 5.82 Å². The maximum absolute atomic E-state index is 12.6. The average Bonchev–Trinajstić information content (AvgIpc) is 2.61. The molecule has 2 aromatic rings. The van der Waals surface area contributed by atoms with Crippen LogP contribution in [0.3, 0.4) is 0 Å². The molecule has 0 spiro atoms. The highest BCUT2D eigenvalue weighted by molar-refractivity contribution is 5.86. The molecule has 126 valence electrons. The highest BCUT2D eigenvalue weighted by atomic mass is 16.2. The summed E-state index contributed by atoms with van der Waals surface area (Å²) in [6.07, 6.45) is 4.24. The van der Waals surface area contributed by atoms with Crippen molar-refractivity contribution in [3.8, 4) is 11.4 Å². The summed E-state index contributed by atoms with van der Waals surface area (Å²) < 4.78 is 0. The number of carbonyl (C=O) groups is 1. The Morgan fingerprint density at radius 2 is 1.92 bits per heavy atom. The lowest BCUT2D eigenvalue weighted by Gasteiger charge is -2.40. The standard InChI is InChI=1S/C18H23N5O/c1-4-15-18(24)22(5-2)10-11-23(15)16-12-13(3)20-17(21-16)14-6-8-19-9-7-14/h6-9,12,15H,4-5,10-11H2,1-3H3/t15-/m1/s1. The first-order valence-electron chi connectivity index (χ1n) is 8.45. The largest absolute Gasteiger partial charge is 0.343 e. The van der Waals surface area contributed by atoms with Gasteiger partial charge in [0.05, 0.1) is 0 Å². The molecule has 6 nitrogen and oxygen atoms in total. The van der Waals surface area contributed by atoms with Gasteiger partial charge in [-0.1, -0.05) is 6.92 Å². The Bertz CT molecular complexity index is 719. The number of amides is 1. The van der Waals surface area contributed by atoms with Crippen LogP contribution in [0.1, 0.15) is 26.0 Å². The molecular weight excluding hydrogens is 302 g/mol. The Hall–Kier alpha value is -2.50. The molecule has 0 N–H and O–H groups in total. The van der Waals surface area contributed by atoms with Crippen molar-refractivity contribution < 1.29 is 4.79 Å². The molecule has 1 amide bonds. The minimum atomic E-state index is -0.154. The zero-order chi connectivity index (χ0) is 17.1. The van der Waals surface area contributed by atoms with E-state index >= 15 is 0 Å². The van der Waals surface area contributed by atoms with Gasteiger partial charge in [0.1, 0.15) is 11.9 Å². The Morgan fingerprint density at radius 1 is 1.17 bits per heavy atom. The predicted molar refractivity (Wildman–Crippen MR) is 93.7 cm³/mol. The predicted octanol–water partition coefficient (Wildman–Crippen LogP) is 2.29. The fourth-order valence-electron chi connectivity index (χ4n) is 3.15. The second kappa shape index (κ2) is 6.95. The summed E-state index contributed by atoms with van der Waals surface area (Å²) in [5, 5.41) is 0. The van der Waals surface area contributed by atoms with Gasteiger partial charge in [0.25, 0.3) is 0 Å². The number of carbonyl (C=O) groups excluding carboxylic acids is 1. The molecule has 1 aliphatic rings. The molecule has 0 unspecified atom stereocenters. The van der Waals surface area contributed by atoms with E-state index in [-0.39, 0.29) is 11.9 Å². The molecule has 0 bridgehead atoms. The molecule has 2 aromatic heterocycles. The van der Waals surface area contributed by atoms with Gasteiger partial charge in [0.2, 0.25) is 5.91 Å². The maximum Gasteiger partial charge on any atom is 0.245 e. The van der Waals surface area contributed by atoms with Gasteiger partial charge < -0.3 is 9.80 Å². The fraction of sp³-hybridized carbons (Fsp3) is 0.444. The summed E-state index contributed by atoms with van der Waals surface area (Å²) in [5.41, 5.74) is 1.83. The summed E-state index contributed by atoms with van der Waals surface area (Å²) in [5.74, 6) is 1.69. The molecule has 0 aliphatic carbocycles. The zero-order valence-electron chi connectivity index (χ0n) is 14.4. The normalized spacial score (nSPS) is 18.1. The van der Waals surface area contributed by atoms with Crippen LogP contribution in [0.15, 0.2) is 30.6 Å². The van der Waals surface area contributed by atoms with Crippen molar-refractivity contribution in [3.63, 3.8) is 0 Å². The molecule has 3 heterocycles. The van der Waals surface area contributed by atoms with Gasteiger partial charge in [-0.05, 0) is 32.4 Å². The third-order valence-electron chi connectivity index (χ3n) is 4.43. The van der Waals surface area contributed by atoms with Crippen LogP contribution in [0.5, 0.6) is 0 Å². The van der Waals surface area contributed by atoms with Crippen LogP contribution in [-0.4, -0.2) is 51.4 Å². The number of pyridine rings is 1. The van der Waals surface area contributed by atoms with E-state index in [0.29, 0.717) is 5.82 Å². The number of nitrogens with zero attached hydrogens (tertiary/aromatic N) is 5. The van der Waals surface area contributed by atoms with Crippen molar-refractivity contribution >= 4 is 11.7 Å². The quantitative estimate of drug-likeness (QED) is 0.863. The summed E-state index contributed by atoms with van der Waals surface area (Å²) in [4.78, 5) is 30.0. The molecule has 6 heteroatoms. The van der Waals surface area contributed by atoms with E-state index in [2.05, 4.69) is 14.9 Å². The number of hydrogen-bond acceptors (Lipinski definition) is 5. The number of hydrogen-bond donors (Lipinski definition) is 0. The second-order valence-corrected chi connectivity index (χ2v) is 5.96. The van der Waals surface area contributed by atoms with E-state index < -0.39 is 0 Å². The average molecular weight is 325 g/mol. The molecule has 0 radical (unpaired) electrons. The Balaban J connectivity index is 1.97. The third-order valence-corrected chi connectivity index (χ3v) is 4.43. The van der Waals surface area contributed by atoms with Crippen LogP contribution in [0.2, 0.25) is 0 Å². The topological polar surface area (TPSA) is 62.2 Å². The van der Waals surface area contributed by atoms with Gasteiger partial charge in [-0.25, -0.2) is 9.97 Å². The molecule has 1 aliphatic heterocycles. The first-order chi connectivity index (χ1) is 11.6. The van der Waals surface area contributed by atoms with Crippen molar-refractivity contribution in [3.05, 3.63) is 36.3 Å². The molecule has 1 atom stereocenters. The molecule has 0 saturated carbocycles. The van der Waals surface area contributed by atoms with E-state index in [9.17, 15) is 4.79 Å². The summed E-state index contributed by atoms with van der Waals surface area (Å²) >= 11 is 0. The maximum atomic E-state index is 12.6. The fourth-order valence-corrected chi connectivity index (χ4v) is 3.15. The number of rotatable bonds is 4. The van der Waals surface area contributed by atoms with Crippen LogP contribution < -0.4 is 4.90 Å². The van der Waals surface area contributed by atoms with Crippen molar-refractivity contribution in [1.82, 2.24) is 19.9 Å². The van der Waals surface area contributed by atoms with Gasteiger partial charge in [-0.3, -0.25) is 9.78 Å². The third kappa shape index (κ3) is 3.09. The first kappa shape index (κ1) is 16.4. The lowest BCUT2D eigenvalue weighted by molar-refractivity contribution is -0.134. The molecule has 1 fully saturated rings. The van der Waals surface area contributed by atoms with Gasteiger partial charge in [0, 0.05) is 49.4 Å².